The molecule has 3 aromatic rings. The maximum absolute atomic E-state index is 13.4. The zero-order valence-corrected chi connectivity index (χ0v) is 22.1. The molecule has 1 fully saturated rings. The number of para-hydroxylation sites is 1. The number of amides is 2. The first-order valence-electron chi connectivity index (χ1n) is 11.5. The second-order valence-electron chi connectivity index (χ2n) is 8.02. The van der Waals surface area contributed by atoms with Crippen LogP contribution in [0.15, 0.2) is 77.8 Å². The van der Waals surface area contributed by atoms with Crippen molar-refractivity contribution in [2.75, 3.05) is 11.9 Å². The van der Waals surface area contributed by atoms with Crippen LogP contribution in [-0.4, -0.2) is 39.7 Å². The second kappa shape index (κ2) is 12.3. The molecule has 10 heteroatoms. The number of hydrogen-bond acceptors (Lipinski definition) is 6. The number of nitrogens with zero attached hydrogens (tertiary/aromatic N) is 2. The van der Waals surface area contributed by atoms with Gasteiger partial charge in [-0.1, -0.05) is 65.3 Å². The van der Waals surface area contributed by atoms with Gasteiger partial charge < -0.3 is 10.1 Å². The molecule has 0 aliphatic carbocycles. The van der Waals surface area contributed by atoms with E-state index in [-0.39, 0.29) is 31.4 Å². The molecule has 0 radical (unpaired) electrons. The highest BCUT2D eigenvalue weighted by Gasteiger charge is 2.39. The minimum atomic E-state index is -0.678. The Kier molecular flexibility index (Phi) is 8.87. The van der Waals surface area contributed by atoms with E-state index in [1.165, 1.54) is 16.7 Å². The summed E-state index contributed by atoms with van der Waals surface area (Å²) in [6.45, 7) is 2.23. The van der Waals surface area contributed by atoms with Crippen LogP contribution < -0.4 is 5.32 Å². The van der Waals surface area contributed by atoms with Crippen molar-refractivity contribution in [2.45, 2.75) is 25.1 Å². The first-order chi connectivity index (χ1) is 17.9. The predicted octanol–water partition coefficient (Wildman–Crippen LogP) is 6.33. The standard InChI is InChI=1S/C27H23Cl2N3O4S/c1-2-36-26(35)17-11-13-19(14-12-17)30-27-32(16-18-7-3-4-8-20(18)28)25(34)23(37-27)15-24(33)31-22-10-6-5-9-21(22)29/h3-14,23H,2,15-16H2,1H3,(H,31,33)/t23-/m0/s1. The molecule has 0 saturated carbocycles. The Morgan fingerprint density at radius 3 is 2.35 bits per heavy atom. The van der Waals surface area contributed by atoms with E-state index in [2.05, 4.69) is 10.3 Å². The molecular weight excluding hydrogens is 533 g/mol. The van der Waals surface area contributed by atoms with Crippen LogP contribution in [0.5, 0.6) is 0 Å². The van der Waals surface area contributed by atoms with Crippen molar-refractivity contribution in [3.05, 3.63) is 94.0 Å². The van der Waals surface area contributed by atoms with Crippen molar-refractivity contribution in [1.29, 1.82) is 0 Å². The molecule has 1 heterocycles. The van der Waals surface area contributed by atoms with Crippen molar-refractivity contribution < 1.29 is 19.1 Å². The number of ether oxygens (including phenoxy) is 1. The number of carbonyl (C=O) groups excluding carboxylic acids is 3. The topological polar surface area (TPSA) is 88.1 Å². The third-order valence-electron chi connectivity index (χ3n) is 5.43. The van der Waals surface area contributed by atoms with Gasteiger partial charge in [0, 0.05) is 11.4 Å². The molecule has 3 aromatic carbocycles. The summed E-state index contributed by atoms with van der Waals surface area (Å²) in [4.78, 5) is 44.3. The molecular formula is C27H23Cl2N3O4S. The SMILES string of the molecule is CCOC(=O)c1ccc(N=C2S[C@@H](CC(=O)Nc3ccccc3Cl)C(=O)N2Cc2ccccc2Cl)cc1. The molecule has 4 rings (SSSR count). The summed E-state index contributed by atoms with van der Waals surface area (Å²) in [5, 5.41) is 3.46. The summed E-state index contributed by atoms with van der Waals surface area (Å²) in [7, 11) is 0. The molecule has 1 atom stereocenters. The van der Waals surface area contributed by atoms with Gasteiger partial charge >= 0.3 is 5.97 Å². The lowest BCUT2D eigenvalue weighted by Gasteiger charge is -2.17. The van der Waals surface area contributed by atoms with E-state index in [0.717, 1.165) is 5.56 Å². The molecule has 0 spiro atoms. The number of aliphatic imine (C=N–C) groups is 1. The van der Waals surface area contributed by atoms with Gasteiger partial charge in [0.25, 0.3) is 0 Å². The molecule has 2 amide bonds. The van der Waals surface area contributed by atoms with Crippen LogP contribution in [0, 0.1) is 0 Å². The van der Waals surface area contributed by atoms with Gasteiger partial charge in [-0.25, -0.2) is 9.79 Å². The molecule has 7 nitrogen and oxygen atoms in total. The average molecular weight is 556 g/mol. The predicted molar refractivity (Wildman–Crippen MR) is 148 cm³/mol. The number of nitrogens with one attached hydrogen (secondary N) is 1. The summed E-state index contributed by atoms with van der Waals surface area (Å²) in [5.41, 5.74) is 2.19. The Bertz CT molecular complexity index is 1350. The van der Waals surface area contributed by atoms with E-state index in [1.54, 1.807) is 61.5 Å². The highest BCUT2D eigenvalue weighted by atomic mass is 35.5. The van der Waals surface area contributed by atoms with E-state index in [0.29, 0.717) is 32.2 Å². The highest BCUT2D eigenvalue weighted by Crippen LogP contribution is 2.34. The Morgan fingerprint density at radius 2 is 1.68 bits per heavy atom. The number of thioether (sulfide) groups is 1. The zero-order valence-electron chi connectivity index (χ0n) is 19.8. The van der Waals surface area contributed by atoms with Gasteiger partial charge in [-0.15, -0.1) is 0 Å². The normalized spacial score (nSPS) is 16.2. The minimum absolute atomic E-state index is 0.0610. The van der Waals surface area contributed by atoms with Gasteiger partial charge in [0.05, 0.1) is 35.1 Å². The van der Waals surface area contributed by atoms with Gasteiger partial charge in [0.2, 0.25) is 11.8 Å². The summed E-state index contributed by atoms with van der Waals surface area (Å²) in [6, 6.07) is 20.7. The molecule has 1 aliphatic rings. The van der Waals surface area contributed by atoms with Crippen LogP contribution in [0.25, 0.3) is 0 Å². The number of halogens is 2. The molecule has 1 saturated heterocycles. The Morgan fingerprint density at radius 1 is 1.00 bits per heavy atom. The fourth-order valence-corrected chi connectivity index (χ4v) is 5.13. The van der Waals surface area contributed by atoms with Crippen molar-refractivity contribution in [1.82, 2.24) is 4.90 Å². The number of rotatable bonds is 8. The number of amidine groups is 1. The fraction of sp³-hybridized carbons (Fsp3) is 0.185. The Balaban J connectivity index is 1.57. The third-order valence-corrected chi connectivity index (χ3v) is 7.30. The summed E-state index contributed by atoms with van der Waals surface area (Å²) in [6.07, 6.45) is -0.0610. The van der Waals surface area contributed by atoms with E-state index in [1.807, 2.05) is 18.2 Å². The maximum atomic E-state index is 13.4. The number of anilines is 1. The average Bonchev–Trinajstić information content (AvgIpc) is 3.16. The largest absolute Gasteiger partial charge is 0.462 e. The smallest absolute Gasteiger partial charge is 0.338 e. The third kappa shape index (κ3) is 6.71. The first-order valence-corrected chi connectivity index (χ1v) is 13.1. The van der Waals surface area contributed by atoms with Crippen molar-refractivity contribution in [3.8, 4) is 0 Å². The number of esters is 1. The maximum Gasteiger partial charge on any atom is 0.338 e. The summed E-state index contributed by atoms with van der Waals surface area (Å²) >= 11 is 13.7. The monoisotopic (exact) mass is 555 g/mol. The fourth-order valence-electron chi connectivity index (χ4n) is 3.60. The number of benzene rings is 3. The van der Waals surface area contributed by atoms with Crippen molar-refractivity contribution in [3.63, 3.8) is 0 Å². The van der Waals surface area contributed by atoms with Crippen LogP contribution in [0.4, 0.5) is 11.4 Å². The van der Waals surface area contributed by atoms with Crippen molar-refractivity contribution in [2.24, 2.45) is 4.99 Å². The molecule has 37 heavy (non-hydrogen) atoms. The zero-order chi connectivity index (χ0) is 26.4. The van der Waals surface area contributed by atoms with E-state index < -0.39 is 11.2 Å². The lowest BCUT2D eigenvalue weighted by molar-refractivity contribution is -0.128. The Hall–Kier alpha value is -3.33. The van der Waals surface area contributed by atoms with Crippen LogP contribution in [0.1, 0.15) is 29.3 Å². The summed E-state index contributed by atoms with van der Waals surface area (Å²) in [5.74, 6) is -1.00. The van der Waals surface area contributed by atoms with E-state index in [9.17, 15) is 14.4 Å². The minimum Gasteiger partial charge on any atom is -0.462 e. The second-order valence-corrected chi connectivity index (χ2v) is 10.0. The molecule has 1 N–H and O–H groups in total. The highest BCUT2D eigenvalue weighted by molar-refractivity contribution is 8.15. The van der Waals surface area contributed by atoms with E-state index >= 15 is 0 Å². The van der Waals surface area contributed by atoms with Gasteiger partial charge in [-0.05, 0) is 55.0 Å². The molecule has 0 bridgehead atoms. The van der Waals surface area contributed by atoms with Crippen LogP contribution >= 0.6 is 35.0 Å². The number of hydrogen-bond donors (Lipinski definition) is 1. The Labute approximate surface area is 228 Å². The van der Waals surface area contributed by atoms with Gasteiger partial charge in [-0.2, -0.15) is 0 Å². The number of carbonyl (C=O) groups is 3. The quantitative estimate of drug-likeness (QED) is 0.328. The summed E-state index contributed by atoms with van der Waals surface area (Å²) < 4.78 is 5.02. The lowest BCUT2D eigenvalue weighted by Crippen LogP contribution is -2.33. The van der Waals surface area contributed by atoms with Crippen LogP contribution in [0.2, 0.25) is 10.0 Å². The van der Waals surface area contributed by atoms with E-state index in [4.69, 9.17) is 27.9 Å². The lowest BCUT2D eigenvalue weighted by atomic mass is 10.2. The molecule has 0 unspecified atom stereocenters. The van der Waals surface area contributed by atoms with Crippen LogP contribution in [0.3, 0.4) is 0 Å². The van der Waals surface area contributed by atoms with Crippen molar-refractivity contribution >= 4 is 69.3 Å². The van der Waals surface area contributed by atoms with Crippen LogP contribution in [-0.2, 0) is 20.9 Å². The molecule has 0 aromatic heterocycles. The molecule has 1 aliphatic heterocycles. The molecule has 190 valence electrons. The van der Waals surface area contributed by atoms with Gasteiger partial charge in [-0.3, -0.25) is 14.5 Å². The first kappa shape index (κ1) is 26.7. The van der Waals surface area contributed by atoms with Gasteiger partial charge in [0.15, 0.2) is 5.17 Å². The van der Waals surface area contributed by atoms with Gasteiger partial charge in [0.1, 0.15) is 5.25 Å².